The van der Waals surface area contributed by atoms with Gasteiger partial charge >= 0.3 is 0 Å². The fourth-order valence-corrected chi connectivity index (χ4v) is 4.10. The summed E-state index contributed by atoms with van der Waals surface area (Å²) in [6, 6.07) is 7.95. The highest BCUT2D eigenvalue weighted by Crippen LogP contribution is 2.34. The molecule has 8 heteroatoms. The van der Waals surface area contributed by atoms with E-state index in [1.807, 2.05) is 18.2 Å². The molecule has 2 saturated heterocycles. The summed E-state index contributed by atoms with van der Waals surface area (Å²) in [6.45, 7) is 5.10. The minimum Gasteiger partial charge on any atom is -0.441 e. The van der Waals surface area contributed by atoms with Crippen LogP contribution in [0.5, 0.6) is 0 Å². The van der Waals surface area contributed by atoms with Gasteiger partial charge in [0.05, 0.1) is 11.4 Å². The first-order chi connectivity index (χ1) is 15.0. The molecule has 3 aliphatic heterocycles. The molecule has 0 radical (unpaired) electrons. The lowest BCUT2D eigenvalue weighted by molar-refractivity contribution is -0.115. The number of hydrogen-bond donors (Lipinski definition) is 1. The molecule has 1 aromatic carbocycles. The maximum absolute atomic E-state index is 13.7. The van der Waals surface area contributed by atoms with Crippen LogP contribution in [0.4, 0.5) is 21.5 Å². The summed E-state index contributed by atoms with van der Waals surface area (Å²) in [5, 5.41) is 12.0. The molecule has 0 spiro atoms. The minimum atomic E-state index is -0.771. The van der Waals surface area contributed by atoms with E-state index in [1.54, 1.807) is 12.2 Å². The molecular weight excluding hydrogens is 397 g/mol. The van der Waals surface area contributed by atoms with Crippen LogP contribution in [-0.4, -0.2) is 63.3 Å². The number of hydrogen-bond acceptors (Lipinski definition) is 6. The maximum Gasteiger partial charge on any atom is 0.291 e. The summed E-state index contributed by atoms with van der Waals surface area (Å²) in [5.41, 5.74) is 2.66. The fraction of sp³-hybridized carbons (Fsp3) is 0.478. The van der Waals surface area contributed by atoms with E-state index >= 15 is 0 Å². The standard InChI is InChI=1S/C23H28FN5O2/c1-27-11-13-28(14-12-27)18-5-6-20(21(15-18)29-9-7-17(24)8-10-29)26-23(30)22-4-2-3-19(16-25)31-22/h3-6,15,17H,2,7-14H2,1H3,(H,26,30). The molecule has 0 aliphatic carbocycles. The molecule has 0 aromatic heterocycles. The normalized spacial score (nSPS) is 20.4. The van der Waals surface area contributed by atoms with Gasteiger partial charge in [-0.15, -0.1) is 0 Å². The smallest absolute Gasteiger partial charge is 0.291 e. The maximum atomic E-state index is 13.7. The number of likely N-dealkylation sites (N-methyl/N-ethyl adjacent to an activating group) is 1. The topological polar surface area (TPSA) is 71.8 Å². The van der Waals surface area contributed by atoms with E-state index < -0.39 is 12.1 Å². The van der Waals surface area contributed by atoms with E-state index in [2.05, 4.69) is 33.1 Å². The molecule has 4 rings (SSSR count). The van der Waals surface area contributed by atoms with Crippen LogP contribution in [0.1, 0.15) is 19.3 Å². The van der Waals surface area contributed by atoms with Crippen LogP contribution in [0.3, 0.4) is 0 Å². The average Bonchev–Trinajstić information content (AvgIpc) is 2.80. The number of nitriles is 1. The van der Waals surface area contributed by atoms with Gasteiger partial charge in [-0.05, 0) is 56.7 Å². The third kappa shape index (κ3) is 5.00. The van der Waals surface area contributed by atoms with E-state index in [0.29, 0.717) is 38.0 Å². The number of carbonyl (C=O) groups is 1. The van der Waals surface area contributed by atoms with Crippen molar-refractivity contribution in [1.82, 2.24) is 4.90 Å². The van der Waals surface area contributed by atoms with Crippen LogP contribution in [0.25, 0.3) is 0 Å². The lowest BCUT2D eigenvalue weighted by Gasteiger charge is -2.36. The first kappa shape index (κ1) is 21.2. The first-order valence-corrected chi connectivity index (χ1v) is 10.8. The lowest BCUT2D eigenvalue weighted by Crippen LogP contribution is -2.44. The quantitative estimate of drug-likeness (QED) is 0.800. The van der Waals surface area contributed by atoms with Crippen molar-refractivity contribution >= 4 is 23.0 Å². The van der Waals surface area contributed by atoms with Crippen LogP contribution in [0.2, 0.25) is 0 Å². The Labute approximate surface area is 182 Å². The molecule has 3 aliphatic rings. The number of nitrogens with one attached hydrogen (secondary N) is 1. The molecule has 1 amide bonds. The SMILES string of the molecule is CN1CCN(c2ccc(NC(=O)C3=CCC=C(C#N)O3)c(N3CCC(F)CC3)c2)CC1. The fourth-order valence-electron chi connectivity index (χ4n) is 4.10. The highest BCUT2D eigenvalue weighted by Gasteiger charge is 2.24. The predicted molar refractivity (Wildman–Crippen MR) is 119 cm³/mol. The van der Waals surface area contributed by atoms with Gasteiger partial charge in [0.1, 0.15) is 12.2 Å². The van der Waals surface area contributed by atoms with Crippen molar-refractivity contribution in [2.75, 3.05) is 61.4 Å². The highest BCUT2D eigenvalue weighted by molar-refractivity contribution is 6.04. The molecule has 2 fully saturated rings. The second kappa shape index (κ2) is 9.40. The minimum absolute atomic E-state index is 0.121. The molecule has 7 nitrogen and oxygen atoms in total. The van der Waals surface area contributed by atoms with E-state index in [1.165, 1.54) is 0 Å². The second-order valence-corrected chi connectivity index (χ2v) is 8.19. The number of alkyl halides is 1. The summed E-state index contributed by atoms with van der Waals surface area (Å²) in [5.74, 6) is -0.145. The Hall–Kier alpha value is -3.05. The van der Waals surface area contributed by atoms with Gasteiger partial charge in [-0.2, -0.15) is 5.26 Å². The van der Waals surface area contributed by atoms with Crippen molar-refractivity contribution in [3.05, 3.63) is 41.9 Å². The summed E-state index contributed by atoms with van der Waals surface area (Å²) in [6.07, 6.45) is 3.96. The molecule has 1 N–H and O–H groups in total. The van der Waals surface area contributed by atoms with Crippen LogP contribution < -0.4 is 15.1 Å². The Kier molecular flexibility index (Phi) is 6.42. The lowest BCUT2D eigenvalue weighted by atomic mass is 10.1. The number of halogens is 1. The number of ether oxygens (including phenoxy) is 1. The van der Waals surface area contributed by atoms with Gasteiger partial charge in [-0.1, -0.05) is 0 Å². The molecule has 1 aromatic rings. The number of anilines is 3. The average molecular weight is 426 g/mol. The Morgan fingerprint density at radius 2 is 1.87 bits per heavy atom. The Morgan fingerprint density at radius 1 is 1.13 bits per heavy atom. The molecule has 31 heavy (non-hydrogen) atoms. The third-order valence-electron chi connectivity index (χ3n) is 6.02. The molecule has 0 saturated carbocycles. The zero-order valence-electron chi connectivity index (χ0n) is 17.8. The number of benzene rings is 1. The van der Waals surface area contributed by atoms with Crippen LogP contribution >= 0.6 is 0 Å². The van der Waals surface area contributed by atoms with Crippen molar-refractivity contribution < 1.29 is 13.9 Å². The predicted octanol–water partition coefficient (Wildman–Crippen LogP) is 3.03. The second-order valence-electron chi connectivity index (χ2n) is 8.19. The highest BCUT2D eigenvalue weighted by atomic mass is 19.1. The Bertz CT molecular complexity index is 922. The van der Waals surface area contributed by atoms with E-state index in [4.69, 9.17) is 10.00 Å². The van der Waals surface area contributed by atoms with Gasteiger partial charge in [-0.3, -0.25) is 4.79 Å². The third-order valence-corrected chi connectivity index (χ3v) is 6.02. The molecule has 0 unspecified atom stereocenters. The molecular formula is C23H28FN5O2. The summed E-state index contributed by atoms with van der Waals surface area (Å²) in [4.78, 5) is 19.6. The Morgan fingerprint density at radius 3 is 2.58 bits per heavy atom. The van der Waals surface area contributed by atoms with Gasteiger partial charge < -0.3 is 24.8 Å². The number of piperidine rings is 1. The number of allylic oxidation sites excluding steroid dienone is 3. The van der Waals surface area contributed by atoms with E-state index in [0.717, 1.165) is 37.6 Å². The number of carbonyl (C=O) groups excluding carboxylic acids is 1. The molecule has 0 bridgehead atoms. The Balaban J connectivity index is 1.56. The zero-order chi connectivity index (χ0) is 21.8. The number of rotatable bonds is 4. The van der Waals surface area contributed by atoms with E-state index in [9.17, 15) is 9.18 Å². The number of piperazine rings is 1. The number of amides is 1. The zero-order valence-corrected chi connectivity index (χ0v) is 17.8. The molecule has 0 atom stereocenters. The summed E-state index contributed by atoms with van der Waals surface area (Å²) >= 11 is 0. The van der Waals surface area contributed by atoms with Gasteiger partial charge in [-0.25, -0.2) is 4.39 Å². The van der Waals surface area contributed by atoms with Crippen molar-refractivity contribution in [3.8, 4) is 6.07 Å². The van der Waals surface area contributed by atoms with Crippen molar-refractivity contribution in [1.29, 1.82) is 5.26 Å². The molecule has 3 heterocycles. The van der Waals surface area contributed by atoms with Crippen molar-refractivity contribution in [2.45, 2.75) is 25.4 Å². The largest absolute Gasteiger partial charge is 0.441 e. The van der Waals surface area contributed by atoms with Crippen LogP contribution in [0, 0.1) is 11.3 Å². The van der Waals surface area contributed by atoms with Crippen molar-refractivity contribution in [2.24, 2.45) is 0 Å². The van der Waals surface area contributed by atoms with Gasteiger partial charge in [0, 0.05) is 45.0 Å². The van der Waals surface area contributed by atoms with Gasteiger partial charge in [0.15, 0.2) is 5.76 Å². The first-order valence-electron chi connectivity index (χ1n) is 10.8. The van der Waals surface area contributed by atoms with Crippen LogP contribution in [0.15, 0.2) is 41.9 Å². The van der Waals surface area contributed by atoms with E-state index in [-0.39, 0.29) is 11.5 Å². The summed E-state index contributed by atoms with van der Waals surface area (Å²) < 4.78 is 19.1. The molecule has 164 valence electrons. The van der Waals surface area contributed by atoms with Gasteiger partial charge in [0.25, 0.3) is 5.91 Å². The van der Waals surface area contributed by atoms with Crippen molar-refractivity contribution in [3.63, 3.8) is 0 Å². The summed E-state index contributed by atoms with van der Waals surface area (Å²) in [7, 11) is 2.12. The number of nitrogens with zero attached hydrogens (tertiary/aromatic N) is 4. The monoisotopic (exact) mass is 425 g/mol. The van der Waals surface area contributed by atoms with Crippen LogP contribution in [-0.2, 0) is 9.53 Å². The van der Waals surface area contributed by atoms with Gasteiger partial charge in [0.2, 0.25) is 5.76 Å².